The van der Waals surface area contributed by atoms with E-state index >= 15 is 0 Å². The van der Waals surface area contributed by atoms with E-state index in [0.29, 0.717) is 0 Å². The van der Waals surface area contributed by atoms with Crippen LogP contribution >= 0.6 is 15.9 Å². The maximum atomic E-state index is 5.87. The molecule has 0 aliphatic heterocycles. The van der Waals surface area contributed by atoms with Gasteiger partial charge in [-0.15, -0.1) is 6.42 Å². The van der Waals surface area contributed by atoms with Gasteiger partial charge in [0.2, 0.25) is 0 Å². The third-order valence-electron chi connectivity index (χ3n) is 4.27. The minimum atomic E-state index is 0.866. The van der Waals surface area contributed by atoms with E-state index in [1.165, 1.54) is 5.39 Å². The summed E-state index contributed by atoms with van der Waals surface area (Å²) in [7, 11) is 0. The molecule has 116 valence electrons. The summed E-state index contributed by atoms with van der Waals surface area (Å²) in [4.78, 5) is 3.45. The van der Waals surface area contributed by atoms with Crippen molar-refractivity contribution in [1.82, 2.24) is 9.55 Å². The zero-order chi connectivity index (χ0) is 16.7. The molecule has 0 fully saturated rings. The molecule has 0 unspecified atom stereocenters. The van der Waals surface area contributed by atoms with E-state index in [-0.39, 0.29) is 0 Å². The molecule has 0 radical (unpaired) electrons. The summed E-state index contributed by atoms with van der Waals surface area (Å²) < 4.78 is 3.12. The number of rotatable bonds is 2. The van der Waals surface area contributed by atoms with Crippen LogP contribution in [0.5, 0.6) is 0 Å². The van der Waals surface area contributed by atoms with Crippen LogP contribution in [0.15, 0.2) is 65.3 Å². The standard InChI is InChI=1S/C21H15BrN2/c1-3-20-17(11-12-24(20)16-7-5-4-6-8-16)21-14(2)23-19-10-9-15(22)13-18(19)21/h1,4-13,23H,2H3. The van der Waals surface area contributed by atoms with Crippen molar-refractivity contribution < 1.29 is 0 Å². The Morgan fingerprint density at radius 1 is 1.08 bits per heavy atom. The van der Waals surface area contributed by atoms with Crippen LogP contribution in [0, 0.1) is 19.3 Å². The third-order valence-corrected chi connectivity index (χ3v) is 4.77. The zero-order valence-corrected chi connectivity index (χ0v) is 14.8. The Hall–Kier alpha value is -2.70. The number of aromatic nitrogens is 2. The SMILES string of the molecule is C#Cc1c(-c2c(C)[nH]c3ccc(Br)cc23)ccn1-c1ccccc1. The monoisotopic (exact) mass is 374 g/mol. The molecule has 2 aromatic heterocycles. The topological polar surface area (TPSA) is 20.7 Å². The van der Waals surface area contributed by atoms with Crippen molar-refractivity contribution in [2.24, 2.45) is 0 Å². The van der Waals surface area contributed by atoms with E-state index in [0.717, 1.165) is 38.2 Å². The molecule has 0 saturated carbocycles. The van der Waals surface area contributed by atoms with Gasteiger partial charge in [-0.3, -0.25) is 0 Å². The molecular weight excluding hydrogens is 360 g/mol. The summed E-state index contributed by atoms with van der Waals surface area (Å²) in [6.07, 6.45) is 7.91. The van der Waals surface area contributed by atoms with Crippen LogP contribution in [-0.4, -0.2) is 9.55 Å². The predicted octanol–water partition coefficient (Wildman–Crippen LogP) is 5.68. The van der Waals surface area contributed by atoms with Gasteiger partial charge in [-0.25, -0.2) is 0 Å². The second-order valence-electron chi connectivity index (χ2n) is 5.74. The molecule has 0 aliphatic rings. The fourth-order valence-electron chi connectivity index (χ4n) is 3.23. The fraction of sp³-hybridized carbons (Fsp3) is 0.0476. The molecule has 4 aromatic rings. The smallest absolute Gasteiger partial charge is 0.104 e. The number of hydrogen-bond acceptors (Lipinski definition) is 0. The molecule has 2 nitrogen and oxygen atoms in total. The van der Waals surface area contributed by atoms with E-state index in [1.54, 1.807) is 0 Å². The summed E-state index contributed by atoms with van der Waals surface area (Å²) >= 11 is 3.57. The minimum Gasteiger partial charge on any atom is -0.358 e. The average Bonchev–Trinajstić information content (AvgIpc) is 3.15. The quantitative estimate of drug-likeness (QED) is 0.436. The summed E-state index contributed by atoms with van der Waals surface area (Å²) in [5.41, 5.74) is 6.39. The molecule has 0 spiro atoms. The van der Waals surface area contributed by atoms with Crippen LogP contribution in [0.3, 0.4) is 0 Å². The first kappa shape index (κ1) is 14.9. The van der Waals surface area contributed by atoms with Crippen molar-refractivity contribution >= 4 is 26.8 Å². The Balaban J connectivity index is 1.99. The van der Waals surface area contributed by atoms with E-state index < -0.39 is 0 Å². The molecule has 2 aromatic carbocycles. The number of aromatic amines is 1. The number of benzene rings is 2. The highest BCUT2D eigenvalue weighted by Gasteiger charge is 2.17. The zero-order valence-electron chi connectivity index (χ0n) is 13.2. The number of aryl methyl sites for hydroxylation is 1. The predicted molar refractivity (Wildman–Crippen MR) is 103 cm³/mol. The molecule has 2 heterocycles. The summed E-state index contributed by atoms with van der Waals surface area (Å²) in [6, 6.07) is 18.5. The van der Waals surface area contributed by atoms with Crippen molar-refractivity contribution in [3.8, 4) is 29.2 Å². The number of nitrogens with one attached hydrogen (secondary N) is 1. The largest absolute Gasteiger partial charge is 0.358 e. The average molecular weight is 375 g/mol. The molecule has 0 saturated heterocycles. The summed E-state index contributed by atoms with van der Waals surface area (Å²) in [6.45, 7) is 2.09. The Labute approximate surface area is 149 Å². The Morgan fingerprint density at radius 2 is 1.88 bits per heavy atom. The molecule has 3 heteroatoms. The molecule has 0 aliphatic carbocycles. The maximum Gasteiger partial charge on any atom is 0.104 e. The number of fused-ring (bicyclic) bond motifs is 1. The van der Waals surface area contributed by atoms with Crippen LogP contribution in [0.25, 0.3) is 27.7 Å². The lowest BCUT2D eigenvalue weighted by Crippen LogP contribution is -1.96. The number of terminal acetylenes is 1. The molecule has 0 bridgehead atoms. The number of halogens is 1. The van der Waals surface area contributed by atoms with Crippen LogP contribution in [0.1, 0.15) is 11.4 Å². The fourth-order valence-corrected chi connectivity index (χ4v) is 3.59. The van der Waals surface area contributed by atoms with Gasteiger partial charge in [0, 0.05) is 44.1 Å². The second kappa shape index (κ2) is 5.74. The Kier molecular flexibility index (Phi) is 3.55. The third kappa shape index (κ3) is 2.28. The Morgan fingerprint density at radius 3 is 2.62 bits per heavy atom. The van der Waals surface area contributed by atoms with Crippen molar-refractivity contribution in [2.75, 3.05) is 0 Å². The first-order valence-corrected chi connectivity index (χ1v) is 8.50. The van der Waals surface area contributed by atoms with Gasteiger partial charge in [0.15, 0.2) is 0 Å². The number of nitrogens with zero attached hydrogens (tertiary/aromatic N) is 1. The van der Waals surface area contributed by atoms with Crippen molar-refractivity contribution in [1.29, 1.82) is 0 Å². The molecule has 24 heavy (non-hydrogen) atoms. The van der Waals surface area contributed by atoms with Crippen LogP contribution in [-0.2, 0) is 0 Å². The lowest BCUT2D eigenvalue weighted by atomic mass is 10.0. The van der Waals surface area contributed by atoms with Gasteiger partial charge in [-0.2, -0.15) is 0 Å². The van der Waals surface area contributed by atoms with Crippen LogP contribution in [0.2, 0.25) is 0 Å². The van der Waals surface area contributed by atoms with Gasteiger partial charge in [-0.05, 0) is 43.3 Å². The lowest BCUT2D eigenvalue weighted by Gasteiger charge is -2.07. The number of para-hydroxylation sites is 1. The van der Waals surface area contributed by atoms with Gasteiger partial charge in [0.25, 0.3) is 0 Å². The summed E-state index contributed by atoms with van der Waals surface area (Å²) in [5, 5.41) is 1.17. The summed E-state index contributed by atoms with van der Waals surface area (Å²) in [5.74, 6) is 2.87. The van der Waals surface area contributed by atoms with Gasteiger partial charge in [-0.1, -0.05) is 40.0 Å². The van der Waals surface area contributed by atoms with Crippen molar-refractivity contribution in [3.05, 3.63) is 76.7 Å². The van der Waals surface area contributed by atoms with Crippen LogP contribution in [0.4, 0.5) is 0 Å². The number of H-pyrrole nitrogens is 1. The van der Waals surface area contributed by atoms with Gasteiger partial charge in [0.05, 0.1) is 0 Å². The maximum absolute atomic E-state index is 5.87. The van der Waals surface area contributed by atoms with Gasteiger partial charge >= 0.3 is 0 Å². The molecular formula is C21H15BrN2. The first-order valence-electron chi connectivity index (χ1n) is 7.70. The van der Waals surface area contributed by atoms with Crippen LogP contribution < -0.4 is 0 Å². The highest BCUT2D eigenvalue weighted by Crippen LogP contribution is 2.36. The molecule has 0 atom stereocenters. The number of hydrogen-bond donors (Lipinski definition) is 1. The highest BCUT2D eigenvalue weighted by molar-refractivity contribution is 9.10. The van der Waals surface area contributed by atoms with E-state index in [4.69, 9.17) is 6.42 Å². The Bertz CT molecular complexity index is 1080. The molecule has 4 rings (SSSR count). The van der Waals surface area contributed by atoms with E-state index in [1.807, 2.05) is 30.5 Å². The van der Waals surface area contributed by atoms with Gasteiger partial charge in [0.1, 0.15) is 5.69 Å². The van der Waals surface area contributed by atoms with E-state index in [2.05, 4.69) is 68.7 Å². The van der Waals surface area contributed by atoms with Crippen molar-refractivity contribution in [3.63, 3.8) is 0 Å². The first-order chi connectivity index (χ1) is 11.7. The lowest BCUT2D eigenvalue weighted by molar-refractivity contribution is 1.06. The molecule has 1 N–H and O–H groups in total. The van der Waals surface area contributed by atoms with Gasteiger partial charge < -0.3 is 9.55 Å². The normalized spacial score (nSPS) is 10.9. The van der Waals surface area contributed by atoms with Crippen molar-refractivity contribution in [2.45, 2.75) is 6.92 Å². The second-order valence-corrected chi connectivity index (χ2v) is 6.66. The minimum absolute atomic E-state index is 0.866. The van der Waals surface area contributed by atoms with E-state index in [9.17, 15) is 0 Å². The highest BCUT2D eigenvalue weighted by atomic mass is 79.9. The molecule has 0 amide bonds.